The standard InChI is InChI=1S/C13H23N3O2/c1-9(2)16(8-10-5-3-4-6-14-10)11-7-12(17)15-13(11)18/h9-11,14H,3-8H2,1-2H3,(H,15,17,18). The van der Waals surface area contributed by atoms with Gasteiger partial charge in [-0.15, -0.1) is 0 Å². The van der Waals surface area contributed by atoms with Gasteiger partial charge >= 0.3 is 0 Å². The van der Waals surface area contributed by atoms with Crippen molar-refractivity contribution in [2.75, 3.05) is 13.1 Å². The number of rotatable bonds is 4. The molecule has 2 saturated heterocycles. The molecule has 2 aliphatic heterocycles. The van der Waals surface area contributed by atoms with E-state index in [0.29, 0.717) is 12.5 Å². The highest BCUT2D eigenvalue weighted by atomic mass is 16.2. The Balaban J connectivity index is 1.99. The van der Waals surface area contributed by atoms with Crippen LogP contribution in [0.3, 0.4) is 0 Å². The van der Waals surface area contributed by atoms with Crippen molar-refractivity contribution in [3.8, 4) is 0 Å². The first-order valence-corrected chi connectivity index (χ1v) is 6.90. The first-order chi connectivity index (χ1) is 8.58. The molecule has 0 aliphatic carbocycles. The minimum atomic E-state index is -0.277. The first kappa shape index (κ1) is 13.5. The topological polar surface area (TPSA) is 61.4 Å². The van der Waals surface area contributed by atoms with Crippen molar-refractivity contribution in [2.24, 2.45) is 0 Å². The minimum absolute atomic E-state index is 0.135. The average Bonchev–Trinajstić information content (AvgIpc) is 2.66. The van der Waals surface area contributed by atoms with Gasteiger partial charge < -0.3 is 5.32 Å². The zero-order valence-corrected chi connectivity index (χ0v) is 11.2. The maximum atomic E-state index is 11.8. The average molecular weight is 253 g/mol. The molecular weight excluding hydrogens is 230 g/mol. The lowest BCUT2D eigenvalue weighted by Crippen LogP contribution is -2.51. The van der Waals surface area contributed by atoms with E-state index in [0.717, 1.165) is 19.5 Å². The normalized spacial score (nSPS) is 29.1. The maximum absolute atomic E-state index is 11.8. The fourth-order valence-electron chi connectivity index (χ4n) is 2.84. The number of imide groups is 1. The lowest BCUT2D eigenvalue weighted by Gasteiger charge is -2.35. The third kappa shape index (κ3) is 3.09. The summed E-state index contributed by atoms with van der Waals surface area (Å²) >= 11 is 0. The Morgan fingerprint density at radius 2 is 2.11 bits per heavy atom. The van der Waals surface area contributed by atoms with Gasteiger partial charge in [0.15, 0.2) is 0 Å². The van der Waals surface area contributed by atoms with E-state index in [4.69, 9.17) is 0 Å². The molecule has 102 valence electrons. The molecule has 0 spiro atoms. The molecular formula is C13H23N3O2. The van der Waals surface area contributed by atoms with Crippen LogP contribution in [0.2, 0.25) is 0 Å². The molecule has 0 aromatic carbocycles. The summed E-state index contributed by atoms with van der Waals surface area (Å²) in [7, 11) is 0. The predicted molar refractivity (Wildman–Crippen MR) is 69.0 cm³/mol. The third-order valence-corrected chi connectivity index (χ3v) is 3.85. The summed E-state index contributed by atoms with van der Waals surface area (Å²) in [4.78, 5) is 25.2. The van der Waals surface area contributed by atoms with Gasteiger partial charge in [-0.1, -0.05) is 6.42 Å². The Kier molecular flexibility index (Phi) is 4.35. The van der Waals surface area contributed by atoms with Crippen LogP contribution in [0.25, 0.3) is 0 Å². The van der Waals surface area contributed by atoms with Crippen molar-refractivity contribution in [1.29, 1.82) is 0 Å². The fourth-order valence-corrected chi connectivity index (χ4v) is 2.84. The van der Waals surface area contributed by atoms with E-state index in [2.05, 4.69) is 29.4 Å². The Bertz CT molecular complexity index is 324. The summed E-state index contributed by atoms with van der Waals surface area (Å²) in [6.07, 6.45) is 3.95. The van der Waals surface area contributed by atoms with Crippen LogP contribution in [-0.2, 0) is 9.59 Å². The Morgan fingerprint density at radius 3 is 2.61 bits per heavy atom. The van der Waals surface area contributed by atoms with Crippen LogP contribution >= 0.6 is 0 Å². The molecule has 2 atom stereocenters. The van der Waals surface area contributed by atoms with Crippen LogP contribution < -0.4 is 10.6 Å². The highest BCUT2D eigenvalue weighted by molar-refractivity contribution is 6.05. The number of nitrogens with zero attached hydrogens (tertiary/aromatic N) is 1. The number of carbonyl (C=O) groups excluding carboxylic acids is 2. The third-order valence-electron chi connectivity index (χ3n) is 3.85. The number of hydrogen-bond donors (Lipinski definition) is 2. The van der Waals surface area contributed by atoms with Crippen LogP contribution in [0, 0.1) is 0 Å². The Morgan fingerprint density at radius 1 is 1.33 bits per heavy atom. The molecule has 0 saturated carbocycles. The van der Waals surface area contributed by atoms with Crippen molar-refractivity contribution >= 4 is 11.8 Å². The second-order valence-corrected chi connectivity index (χ2v) is 5.57. The fraction of sp³-hybridized carbons (Fsp3) is 0.846. The predicted octanol–water partition coefficient (Wildman–Crippen LogP) is 0.254. The van der Waals surface area contributed by atoms with Gasteiger partial charge in [-0.05, 0) is 33.2 Å². The number of piperidine rings is 1. The summed E-state index contributed by atoms with van der Waals surface area (Å²) in [6, 6.07) is 0.446. The Hall–Kier alpha value is -0.940. The van der Waals surface area contributed by atoms with Crippen molar-refractivity contribution in [1.82, 2.24) is 15.5 Å². The van der Waals surface area contributed by atoms with Crippen molar-refractivity contribution in [3.05, 3.63) is 0 Å². The molecule has 18 heavy (non-hydrogen) atoms. The Labute approximate surface area is 108 Å². The van der Waals surface area contributed by atoms with Gasteiger partial charge in [-0.25, -0.2) is 0 Å². The molecule has 2 heterocycles. The van der Waals surface area contributed by atoms with E-state index in [-0.39, 0.29) is 23.9 Å². The van der Waals surface area contributed by atoms with E-state index in [9.17, 15) is 9.59 Å². The van der Waals surface area contributed by atoms with E-state index in [1.54, 1.807) is 0 Å². The molecule has 5 heteroatoms. The van der Waals surface area contributed by atoms with Gasteiger partial charge in [0.1, 0.15) is 0 Å². The van der Waals surface area contributed by atoms with E-state index < -0.39 is 0 Å². The van der Waals surface area contributed by atoms with Crippen LogP contribution in [-0.4, -0.2) is 47.9 Å². The van der Waals surface area contributed by atoms with Gasteiger partial charge in [0.25, 0.3) is 0 Å². The molecule has 0 radical (unpaired) electrons. The van der Waals surface area contributed by atoms with Gasteiger partial charge in [0.2, 0.25) is 11.8 Å². The molecule has 2 aliphatic rings. The minimum Gasteiger partial charge on any atom is -0.313 e. The van der Waals surface area contributed by atoms with Gasteiger partial charge in [-0.3, -0.25) is 19.8 Å². The molecule has 2 rings (SSSR count). The molecule has 0 aromatic rings. The maximum Gasteiger partial charge on any atom is 0.244 e. The summed E-state index contributed by atoms with van der Waals surface area (Å²) in [5.74, 6) is -0.281. The number of hydrogen-bond acceptors (Lipinski definition) is 4. The lowest BCUT2D eigenvalue weighted by atomic mass is 10.0. The molecule has 0 aromatic heterocycles. The largest absolute Gasteiger partial charge is 0.313 e. The summed E-state index contributed by atoms with van der Waals surface area (Å²) in [6.45, 7) is 6.08. The van der Waals surface area contributed by atoms with E-state index in [1.807, 2.05) is 0 Å². The summed E-state index contributed by atoms with van der Waals surface area (Å²) in [5.41, 5.74) is 0. The molecule has 2 amide bonds. The lowest BCUT2D eigenvalue weighted by molar-refractivity contribution is -0.126. The van der Waals surface area contributed by atoms with Crippen molar-refractivity contribution < 1.29 is 9.59 Å². The molecule has 5 nitrogen and oxygen atoms in total. The smallest absolute Gasteiger partial charge is 0.244 e. The zero-order valence-electron chi connectivity index (χ0n) is 11.2. The van der Waals surface area contributed by atoms with Crippen LogP contribution in [0.15, 0.2) is 0 Å². The van der Waals surface area contributed by atoms with Crippen molar-refractivity contribution in [2.45, 2.75) is 57.7 Å². The molecule has 0 bridgehead atoms. The van der Waals surface area contributed by atoms with Crippen LogP contribution in [0.5, 0.6) is 0 Å². The zero-order chi connectivity index (χ0) is 13.1. The molecule has 2 unspecified atom stereocenters. The van der Waals surface area contributed by atoms with Gasteiger partial charge in [0.05, 0.1) is 12.5 Å². The van der Waals surface area contributed by atoms with Gasteiger partial charge in [0, 0.05) is 18.6 Å². The highest BCUT2D eigenvalue weighted by Crippen LogP contribution is 2.17. The monoisotopic (exact) mass is 253 g/mol. The molecule has 2 N–H and O–H groups in total. The number of amides is 2. The van der Waals surface area contributed by atoms with Crippen LogP contribution in [0.1, 0.15) is 39.5 Å². The summed E-state index contributed by atoms with van der Waals surface area (Å²) < 4.78 is 0. The quantitative estimate of drug-likeness (QED) is 0.705. The number of carbonyl (C=O) groups is 2. The SMILES string of the molecule is CC(C)N(CC1CCCCN1)C1CC(=O)NC1=O. The van der Waals surface area contributed by atoms with Crippen molar-refractivity contribution in [3.63, 3.8) is 0 Å². The summed E-state index contributed by atoms with van der Waals surface area (Å²) in [5, 5.41) is 5.90. The van der Waals surface area contributed by atoms with Gasteiger partial charge in [-0.2, -0.15) is 0 Å². The van der Waals surface area contributed by atoms with E-state index in [1.165, 1.54) is 12.8 Å². The van der Waals surface area contributed by atoms with E-state index >= 15 is 0 Å². The first-order valence-electron chi connectivity index (χ1n) is 6.90. The highest BCUT2D eigenvalue weighted by Gasteiger charge is 2.37. The van der Waals surface area contributed by atoms with Crippen LogP contribution in [0.4, 0.5) is 0 Å². The second kappa shape index (κ2) is 5.80. The number of nitrogens with one attached hydrogen (secondary N) is 2. The second-order valence-electron chi connectivity index (χ2n) is 5.57. The molecule has 2 fully saturated rings.